The van der Waals surface area contributed by atoms with E-state index in [0.717, 1.165) is 22.3 Å². The molecule has 0 fully saturated rings. The Morgan fingerprint density at radius 1 is 0.816 bits per heavy atom. The fraction of sp³-hybridized carbons (Fsp3) is 0.121. The van der Waals surface area contributed by atoms with Crippen molar-refractivity contribution in [1.29, 1.82) is 5.26 Å². The van der Waals surface area contributed by atoms with E-state index >= 15 is 0 Å². The predicted molar refractivity (Wildman–Crippen MR) is 146 cm³/mol. The standard InChI is InChI=1S/C33H27N3O2/c34-22-26-18-16-25(17-19-26)20-21-31(37)38-32(30-23-35-24-36-30)33(27-10-4-1-5-11-27,28-12-6-2-7-13-28)29-14-8-3-9-15-29/h1-19,23-24,32H,20-21H2,(H,35,36). The molecule has 0 radical (unpaired) electrons. The fourth-order valence-electron chi connectivity index (χ4n) is 5.04. The topological polar surface area (TPSA) is 78.8 Å². The second-order valence-corrected chi connectivity index (χ2v) is 9.09. The number of ether oxygens (including phenoxy) is 1. The Hall–Kier alpha value is -4.95. The van der Waals surface area contributed by atoms with Gasteiger partial charge in [0.1, 0.15) is 0 Å². The van der Waals surface area contributed by atoms with E-state index in [-0.39, 0.29) is 12.4 Å². The number of nitriles is 1. The molecule has 5 aromatic rings. The number of rotatable bonds is 9. The lowest BCUT2D eigenvalue weighted by Crippen LogP contribution is -2.39. The van der Waals surface area contributed by atoms with Crippen LogP contribution in [0.25, 0.3) is 0 Å². The highest BCUT2D eigenvalue weighted by molar-refractivity contribution is 5.71. The summed E-state index contributed by atoms with van der Waals surface area (Å²) in [6.07, 6.45) is 3.33. The molecule has 0 spiro atoms. The van der Waals surface area contributed by atoms with Gasteiger partial charge in [0.15, 0.2) is 6.10 Å². The first-order valence-electron chi connectivity index (χ1n) is 12.5. The van der Waals surface area contributed by atoms with Gasteiger partial charge in [-0.1, -0.05) is 103 Å². The van der Waals surface area contributed by atoms with Crippen LogP contribution in [0.5, 0.6) is 0 Å². The Morgan fingerprint density at radius 2 is 1.34 bits per heavy atom. The Kier molecular flexibility index (Phi) is 7.42. The summed E-state index contributed by atoms with van der Waals surface area (Å²) in [7, 11) is 0. The van der Waals surface area contributed by atoms with Crippen molar-refractivity contribution in [3.8, 4) is 6.07 Å². The fourth-order valence-corrected chi connectivity index (χ4v) is 5.04. The molecule has 5 heteroatoms. The average molecular weight is 498 g/mol. The van der Waals surface area contributed by atoms with Gasteiger partial charge in [-0.15, -0.1) is 0 Å². The summed E-state index contributed by atoms with van der Waals surface area (Å²) >= 11 is 0. The number of carbonyl (C=O) groups is 1. The van der Waals surface area contributed by atoms with Crippen molar-refractivity contribution >= 4 is 5.97 Å². The lowest BCUT2D eigenvalue weighted by molar-refractivity contribution is -0.152. The van der Waals surface area contributed by atoms with Crippen LogP contribution in [0.3, 0.4) is 0 Å². The van der Waals surface area contributed by atoms with E-state index in [9.17, 15) is 4.79 Å². The number of benzene rings is 4. The van der Waals surface area contributed by atoms with E-state index in [1.807, 2.05) is 66.7 Å². The average Bonchev–Trinajstić information content (AvgIpc) is 3.53. The van der Waals surface area contributed by atoms with Gasteiger partial charge in [0.2, 0.25) is 0 Å². The Labute approximate surface area is 222 Å². The number of H-pyrrole nitrogens is 1. The molecule has 1 unspecified atom stereocenters. The quantitative estimate of drug-likeness (QED) is 0.185. The summed E-state index contributed by atoms with van der Waals surface area (Å²) < 4.78 is 6.43. The summed E-state index contributed by atoms with van der Waals surface area (Å²) in [5.41, 5.74) is 4.41. The summed E-state index contributed by atoms with van der Waals surface area (Å²) in [4.78, 5) is 21.0. The molecular formula is C33H27N3O2. The molecule has 0 saturated heterocycles. The zero-order chi connectivity index (χ0) is 26.2. The van der Waals surface area contributed by atoms with Crippen LogP contribution in [0.2, 0.25) is 0 Å². The maximum Gasteiger partial charge on any atom is 0.306 e. The van der Waals surface area contributed by atoms with Gasteiger partial charge in [-0.2, -0.15) is 5.26 Å². The number of imidazole rings is 1. The van der Waals surface area contributed by atoms with Crippen LogP contribution in [0.15, 0.2) is 128 Å². The van der Waals surface area contributed by atoms with Crippen LogP contribution < -0.4 is 0 Å². The summed E-state index contributed by atoms with van der Waals surface area (Å²) in [6.45, 7) is 0. The largest absolute Gasteiger partial charge is 0.454 e. The molecule has 0 saturated carbocycles. The molecule has 1 aromatic heterocycles. The third-order valence-corrected chi connectivity index (χ3v) is 6.83. The summed E-state index contributed by atoms with van der Waals surface area (Å²) in [5, 5.41) is 9.06. The van der Waals surface area contributed by atoms with Crippen molar-refractivity contribution in [1.82, 2.24) is 9.97 Å². The third-order valence-electron chi connectivity index (χ3n) is 6.83. The molecule has 4 aromatic carbocycles. The molecule has 5 nitrogen and oxygen atoms in total. The van der Waals surface area contributed by atoms with Gasteiger partial charge in [0.25, 0.3) is 0 Å². The van der Waals surface area contributed by atoms with Gasteiger partial charge < -0.3 is 9.72 Å². The van der Waals surface area contributed by atoms with Crippen molar-refractivity contribution < 1.29 is 9.53 Å². The number of aryl methyl sites for hydroxylation is 1. The molecule has 5 rings (SSSR count). The van der Waals surface area contributed by atoms with E-state index in [4.69, 9.17) is 10.00 Å². The molecule has 0 amide bonds. The number of hydrogen-bond acceptors (Lipinski definition) is 4. The third kappa shape index (κ3) is 4.98. The highest BCUT2D eigenvalue weighted by Crippen LogP contribution is 2.50. The van der Waals surface area contributed by atoms with Crippen molar-refractivity contribution in [3.63, 3.8) is 0 Å². The predicted octanol–water partition coefficient (Wildman–Crippen LogP) is 6.53. The zero-order valence-corrected chi connectivity index (χ0v) is 20.8. The minimum absolute atomic E-state index is 0.199. The van der Waals surface area contributed by atoms with Crippen LogP contribution in [0, 0.1) is 11.3 Å². The number of nitrogens with zero attached hydrogens (tertiary/aromatic N) is 2. The number of aromatic nitrogens is 2. The smallest absolute Gasteiger partial charge is 0.306 e. The first-order valence-corrected chi connectivity index (χ1v) is 12.5. The van der Waals surface area contributed by atoms with Crippen molar-refractivity contribution in [2.75, 3.05) is 0 Å². The molecule has 0 aliphatic rings. The number of carbonyl (C=O) groups excluding carboxylic acids is 1. The van der Waals surface area contributed by atoms with Crippen molar-refractivity contribution in [3.05, 3.63) is 161 Å². The van der Waals surface area contributed by atoms with Crippen LogP contribution in [-0.2, 0) is 21.4 Å². The van der Waals surface area contributed by atoms with Gasteiger partial charge in [0, 0.05) is 6.42 Å². The highest BCUT2D eigenvalue weighted by Gasteiger charge is 2.47. The van der Waals surface area contributed by atoms with Crippen molar-refractivity contribution in [2.24, 2.45) is 0 Å². The second-order valence-electron chi connectivity index (χ2n) is 9.09. The molecule has 38 heavy (non-hydrogen) atoms. The van der Waals surface area contributed by atoms with Crippen LogP contribution in [0.1, 0.15) is 46.0 Å². The van der Waals surface area contributed by atoms with Crippen molar-refractivity contribution in [2.45, 2.75) is 24.4 Å². The lowest BCUT2D eigenvalue weighted by atomic mass is 9.65. The molecular weight excluding hydrogens is 470 g/mol. The maximum atomic E-state index is 13.5. The summed E-state index contributed by atoms with van der Waals surface area (Å²) in [6, 6.07) is 39.9. The minimum Gasteiger partial charge on any atom is -0.454 e. The van der Waals surface area contributed by atoms with Gasteiger partial charge in [-0.25, -0.2) is 4.98 Å². The number of esters is 1. The Bertz CT molecular complexity index is 1400. The van der Waals surface area contributed by atoms with E-state index in [2.05, 4.69) is 52.4 Å². The van der Waals surface area contributed by atoms with E-state index in [1.54, 1.807) is 24.7 Å². The molecule has 0 aliphatic carbocycles. The Morgan fingerprint density at radius 3 is 1.79 bits per heavy atom. The first kappa shape index (κ1) is 24.7. The Balaban J connectivity index is 1.60. The molecule has 1 heterocycles. The number of hydrogen-bond donors (Lipinski definition) is 1. The van der Waals surface area contributed by atoms with Gasteiger partial charge in [0.05, 0.1) is 35.3 Å². The van der Waals surface area contributed by atoms with Gasteiger partial charge in [-0.05, 0) is 40.8 Å². The van der Waals surface area contributed by atoms with Crippen LogP contribution >= 0.6 is 0 Å². The first-order chi connectivity index (χ1) is 18.7. The minimum atomic E-state index is -0.847. The van der Waals surface area contributed by atoms with Crippen LogP contribution in [0.4, 0.5) is 0 Å². The van der Waals surface area contributed by atoms with E-state index in [1.165, 1.54) is 0 Å². The van der Waals surface area contributed by atoms with E-state index < -0.39 is 11.5 Å². The second kappa shape index (κ2) is 11.4. The molecule has 0 bridgehead atoms. The molecule has 186 valence electrons. The highest BCUT2D eigenvalue weighted by atomic mass is 16.5. The molecule has 1 N–H and O–H groups in total. The molecule has 0 aliphatic heterocycles. The van der Waals surface area contributed by atoms with Gasteiger partial charge >= 0.3 is 5.97 Å². The normalized spacial score (nSPS) is 11.9. The maximum absolute atomic E-state index is 13.5. The van der Waals surface area contributed by atoms with Crippen LogP contribution in [-0.4, -0.2) is 15.9 Å². The molecule has 1 atom stereocenters. The lowest BCUT2D eigenvalue weighted by Gasteiger charge is -2.41. The SMILES string of the molecule is N#Cc1ccc(CCC(=O)OC(c2cnc[nH]2)C(c2ccccc2)(c2ccccc2)c2ccccc2)cc1. The number of aromatic amines is 1. The van der Waals surface area contributed by atoms with Gasteiger partial charge in [-0.3, -0.25) is 4.79 Å². The number of nitrogens with one attached hydrogen (secondary N) is 1. The summed E-state index contributed by atoms with van der Waals surface area (Å²) in [5.74, 6) is -0.318. The van der Waals surface area contributed by atoms with E-state index in [0.29, 0.717) is 17.7 Å². The monoisotopic (exact) mass is 497 g/mol. The zero-order valence-electron chi connectivity index (χ0n) is 20.8.